The normalized spacial score (nSPS) is 10.7. The molecule has 136 valence electrons. The number of thiazole rings is 1. The second-order valence-corrected chi connectivity index (χ2v) is 7.01. The molecule has 0 aliphatic heterocycles. The van der Waals surface area contributed by atoms with E-state index in [-0.39, 0.29) is 11.8 Å². The van der Waals surface area contributed by atoms with Gasteiger partial charge in [0.05, 0.1) is 16.4 Å². The second-order valence-electron chi connectivity index (χ2n) is 5.60. The molecule has 0 radical (unpaired) electrons. The number of benzene rings is 2. The molecular formula is C20H16ClN3O2S. The Hall–Kier alpha value is -2.96. The molecule has 0 saturated heterocycles. The van der Waals surface area contributed by atoms with Crippen LogP contribution in [-0.4, -0.2) is 16.8 Å². The average Bonchev–Trinajstić information content (AvgIpc) is 3.03. The van der Waals surface area contributed by atoms with E-state index in [0.717, 1.165) is 16.9 Å². The number of aryl methyl sites for hydroxylation is 1. The minimum absolute atomic E-state index is 0.314. The number of nitrogens with one attached hydrogen (secondary N) is 2. The lowest BCUT2D eigenvalue weighted by molar-refractivity contribution is -0.111. The largest absolute Gasteiger partial charge is 0.320 e. The molecule has 2 aromatic carbocycles. The highest BCUT2D eigenvalue weighted by Crippen LogP contribution is 2.26. The molecule has 2 amide bonds. The number of nitrogens with zero attached hydrogens (tertiary/aromatic N) is 1. The van der Waals surface area contributed by atoms with Gasteiger partial charge in [0.1, 0.15) is 4.88 Å². The molecule has 2 N–H and O–H groups in total. The minimum atomic E-state index is -0.321. The van der Waals surface area contributed by atoms with E-state index >= 15 is 0 Å². The number of aromatic nitrogens is 1. The summed E-state index contributed by atoms with van der Waals surface area (Å²) in [5.41, 5.74) is 1.98. The number of halogens is 1. The number of carbonyl (C=O) groups excluding carboxylic acids is 2. The number of anilines is 2. The molecule has 3 rings (SSSR count). The first-order chi connectivity index (χ1) is 13.0. The fourth-order valence-corrected chi connectivity index (χ4v) is 3.33. The molecule has 5 nitrogen and oxygen atoms in total. The van der Waals surface area contributed by atoms with Gasteiger partial charge in [-0.2, -0.15) is 0 Å². The highest BCUT2D eigenvalue weighted by molar-refractivity contribution is 7.17. The van der Waals surface area contributed by atoms with Gasteiger partial charge in [0.2, 0.25) is 5.91 Å². The maximum atomic E-state index is 12.5. The standard InChI is InChI=1S/C20H16ClN3O2S/c1-13-18(19(26)23-16-10-6-5-9-15(16)21)27-20(22-13)24-17(25)12-11-14-7-3-2-4-8-14/h2-12H,1H3,(H,23,26)(H,22,24,25). The van der Waals surface area contributed by atoms with Crippen molar-refractivity contribution in [2.75, 3.05) is 10.6 Å². The molecule has 0 aliphatic rings. The molecule has 0 spiro atoms. The Morgan fingerprint density at radius 3 is 2.48 bits per heavy atom. The molecule has 1 heterocycles. The van der Waals surface area contributed by atoms with Crippen molar-refractivity contribution in [3.05, 3.63) is 81.8 Å². The van der Waals surface area contributed by atoms with Gasteiger partial charge in [-0.15, -0.1) is 0 Å². The van der Waals surface area contributed by atoms with Crippen LogP contribution in [0.15, 0.2) is 60.7 Å². The van der Waals surface area contributed by atoms with Crippen LogP contribution in [0, 0.1) is 6.92 Å². The molecule has 0 bridgehead atoms. The van der Waals surface area contributed by atoms with Crippen LogP contribution in [0.1, 0.15) is 20.9 Å². The van der Waals surface area contributed by atoms with Crippen molar-refractivity contribution in [1.29, 1.82) is 0 Å². The van der Waals surface area contributed by atoms with Gasteiger partial charge in [0.25, 0.3) is 5.91 Å². The van der Waals surface area contributed by atoms with Gasteiger partial charge in [-0.25, -0.2) is 4.98 Å². The second kappa shape index (κ2) is 8.62. The molecule has 3 aromatic rings. The van der Waals surface area contributed by atoms with Crippen molar-refractivity contribution < 1.29 is 9.59 Å². The zero-order chi connectivity index (χ0) is 19.2. The molecule has 7 heteroatoms. The molecule has 27 heavy (non-hydrogen) atoms. The highest BCUT2D eigenvalue weighted by Gasteiger charge is 2.17. The highest BCUT2D eigenvalue weighted by atomic mass is 35.5. The number of amides is 2. The minimum Gasteiger partial charge on any atom is -0.320 e. The van der Waals surface area contributed by atoms with Crippen LogP contribution < -0.4 is 10.6 Å². The van der Waals surface area contributed by atoms with Crippen LogP contribution in [0.2, 0.25) is 5.02 Å². The van der Waals surface area contributed by atoms with E-state index in [4.69, 9.17) is 11.6 Å². The van der Waals surface area contributed by atoms with Crippen LogP contribution >= 0.6 is 22.9 Å². The number of para-hydroxylation sites is 1. The van der Waals surface area contributed by atoms with Crippen molar-refractivity contribution in [3.63, 3.8) is 0 Å². The summed E-state index contributed by atoms with van der Waals surface area (Å²) in [5, 5.41) is 6.24. The van der Waals surface area contributed by atoms with Gasteiger partial charge >= 0.3 is 0 Å². The summed E-state index contributed by atoms with van der Waals surface area (Å²) in [5.74, 6) is -0.635. The van der Waals surface area contributed by atoms with Crippen molar-refractivity contribution in [1.82, 2.24) is 4.98 Å². The zero-order valence-corrected chi connectivity index (χ0v) is 16.0. The van der Waals surface area contributed by atoms with E-state index in [2.05, 4.69) is 15.6 Å². The lowest BCUT2D eigenvalue weighted by Crippen LogP contribution is -2.11. The Morgan fingerprint density at radius 2 is 1.74 bits per heavy atom. The maximum absolute atomic E-state index is 12.5. The Morgan fingerprint density at radius 1 is 1.04 bits per heavy atom. The predicted molar refractivity (Wildman–Crippen MR) is 110 cm³/mol. The van der Waals surface area contributed by atoms with Gasteiger partial charge in [-0.3, -0.25) is 14.9 Å². The van der Waals surface area contributed by atoms with Crippen molar-refractivity contribution in [3.8, 4) is 0 Å². The quantitative estimate of drug-likeness (QED) is 0.594. The van der Waals surface area contributed by atoms with Crippen LogP contribution in [0.3, 0.4) is 0 Å². The number of hydrogen-bond acceptors (Lipinski definition) is 4. The molecule has 0 saturated carbocycles. The van der Waals surface area contributed by atoms with Crippen LogP contribution in [0.25, 0.3) is 6.08 Å². The summed E-state index contributed by atoms with van der Waals surface area (Å²) in [6.07, 6.45) is 3.14. The number of carbonyl (C=O) groups is 2. The van der Waals surface area contributed by atoms with Crippen LogP contribution in [-0.2, 0) is 4.79 Å². The smallest absolute Gasteiger partial charge is 0.267 e. The van der Waals surface area contributed by atoms with Crippen molar-refractivity contribution in [2.45, 2.75) is 6.92 Å². The summed E-state index contributed by atoms with van der Waals surface area (Å²) in [7, 11) is 0. The summed E-state index contributed by atoms with van der Waals surface area (Å²) in [4.78, 5) is 29.2. The van der Waals surface area contributed by atoms with E-state index in [1.165, 1.54) is 6.08 Å². The van der Waals surface area contributed by atoms with Gasteiger partial charge in [0.15, 0.2) is 5.13 Å². The summed E-state index contributed by atoms with van der Waals surface area (Å²) >= 11 is 7.17. The first kappa shape index (κ1) is 18.8. The fourth-order valence-electron chi connectivity index (χ4n) is 2.29. The lowest BCUT2D eigenvalue weighted by atomic mass is 10.2. The van der Waals surface area contributed by atoms with E-state index in [1.807, 2.05) is 30.3 Å². The third-order valence-electron chi connectivity index (χ3n) is 3.58. The van der Waals surface area contributed by atoms with E-state index in [9.17, 15) is 9.59 Å². The van der Waals surface area contributed by atoms with Crippen LogP contribution in [0.4, 0.5) is 10.8 Å². The Kier molecular flexibility index (Phi) is 6.01. The molecular weight excluding hydrogens is 382 g/mol. The van der Waals surface area contributed by atoms with Gasteiger partial charge in [-0.1, -0.05) is 65.4 Å². The Bertz CT molecular complexity index is 999. The van der Waals surface area contributed by atoms with Gasteiger partial charge in [-0.05, 0) is 30.7 Å². The van der Waals surface area contributed by atoms with Gasteiger partial charge < -0.3 is 5.32 Å². The summed E-state index contributed by atoms with van der Waals surface area (Å²) < 4.78 is 0. The van der Waals surface area contributed by atoms with Crippen molar-refractivity contribution >= 4 is 51.6 Å². The van der Waals surface area contributed by atoms with Gasteiger partial charge in [0, 0.05) is 6.08 Å². The molecule has 0 unspecified atom stereocenters. The first-order valence-corrected chi connectivity index (χ1v) is 9.30. The lowest BCUT2D eigenvalue weighted by Gasteiger charge is -2.05. The third-order valence-corrected chi connectivity index (χ3v) is 4.98. The van der Waals surface area contributed by atoms with E-state index < -0.39 is 0 Å². The van der Waals surface area contributed by atoms with Crippen molar-refractivity contribution in [2.24, 2.45) is 0 Å². The fraction of sp³-hybridized carbons (Fsp3) is 0.0500. The number of rotatable bonds is 5. The average molecular weight is 398 g/mol. The molecule has 0 atom stereocenters. The topological polar surface area (TPSA) is 71.1 Å². The van der Waals surface area contributed by atoms with Crippen LogP contribution in [0.5, 0.6) is 0 Å². The molecule has 0 fully saturated rings. The predicted octanol–water partition coefficient (Wildman–Crippen LogP) is 5.01. The Labute approximate surface area is 165 Å². The Balaban J connectivity index is 1.67. The maximum Gasteiger partial charge on any atom is 0.267 e. The molecule has 0 aliphatic carbocycles. The summed E-state index contributed by atoms with van der Waals surface area (Å²) in [6.45, 7) is 1.72. The monoisotopic (exact) mass is 397 g/mol. The van der Waals surface area contributed by atoms with E-state index in [0.29, 0.717) is 26.4 Å². The zero-order valence-electron chi connectivity index (χ0n) is 14.4. The third kappa shape index (κ3) is 5.03. The molecule has 1 aromatic heterocycles. The number of hydrogen-bond donors (Lipinski definition) is 2. The SMILES string of the molecule is Cc1nc(NC(=O)C=Cc2ccccc2)sc1C(=O)Nc1ccccc1Cl. The van der Waals surface area contributed by atoms with E-state index in [1.54, 1.807) is 37.3 Å². The summed E-state index contributed by atoms with van der Waals surface area (Å²) in [6, 6.07) is 16.5. The first-order valence-electron chi connectivity index (χ1n) is 8.10.